The Morgan fingerprint density at radius 1 is 1.38 bits per heavy atom. The van der Waals surface area contributed by atoms with Gasteiger partial charge >= 0.3 is 6.16 Å². The molecule has 1 aromatic heterocycles. The molecule has 2 aromatic rings. The molecule has 1 aliphatic carbocycles. The molecule has 128 valence electrons. The van der Waals surface area contributed by atoms with E-state index in [1.165, 1.54) is 16.7 Å². The summed E-state index contributed by atoms with van der Waals surface area (Å²) in [5, 5.41) is 0. The first kappa shape index (κ1) is 16.6. The van der Waals surface area contributed by atoms with E-state index in [1.807, 2.05) is 6.20 Å². The molecule has 0 saturated heterocycles. The lowest BCUT2D eigenvalue weighted by atomic mass is 9.92. The maximum absolute atomic E-state index is 11.6. The first-order chi connectivity index (χ1) is 11.5. The van der Waals surface area contributed by atoms with Crippen molar-refractivity contribution in [3.63, 3.8) is 0 Å². The fourth-order valence-corrected chi connectivity index (χ4v) is 2.86. The van der Waals surface area contributed by atoms with Gasteiger partial charge in [0.05, 0.1) is 12.0 Å². The van der Waals surface area contributed by atoms with Crippen molar-refractivity contribution in [3.8, 4) is 0 Å². The van der Waals surface area contributed by atoms with Crippen LogP contribution in [0.3, 0.4) is 0 Å². The van der Waals surface area contributed by atoms with Gasteiger partial charge in [-0.1, -0.05) is 25.1 Å². The van der Waals surface area contributed by atoms with Crippen LogP contribution in [0.2, 0.25) is 0 Å². The number of aromatic nitrogens is 2. The summed E-state index contributed by atoms with van der Waals surface area (Å²) in [5.41, 5.74) is 4.80. The van der Waals surface area contributed by atoms with Gasteiger partial charge in [0, 0.05) is 12.1 Å². The Labute approximate surface area is 142 Å². The van der Waals surface area contributed by atoms with Gasteiger partial charge in [-0.05, 0) is 49.8 Å². The number of imidazole rings is 1. The molecular formula is C19H24N2O3. The molecule has 1 atom stereocenters. The number of benzene rings is 1. The van der Waals surface area contributed by atoms with Gasteiger partial charge in [-0.2, -0.15) is 0 Å². The molecule has 0 amide bonds. The second-order valence-electron chi connectivity index (χ2n) is 6.52. The summed E-state index contributed by atoms with van der Waals surface area (Å²) in [6, 6.07) is 6.33. The minimum Gasteiger partial charge on any atom is -0.431 e. The van der Waals surface area contributed by atoms with E-state index < -0.39 is 6.16 Å². The Morgan fingerprint density at radius 3 is 2.88 bits per heavy atom. The topological polar surface area (TPSA) is 53.4 Å². The van der Waals surface area contributed by atoms with Crippen molar-refractivity contribution in [1.82, 2.24) is 9.55 Å². The van der Waals surface area contributed by atoms with Gasteiger partial charge in [0.2, 0.25) is 0 Å². The van der Waals surface area contributed by atoms with Crippen molar-refractivity contribution in [2.45, 2.75) is 58.8 Å². The maximum Gasteiger partial charge on any atom is 0.510 e. The summed E-state index contributed by atoms with van der Waals surface area (Å²) in [5.74, 6) is 0.188. The molecule has 5 nitrogen and oxygen atoms in total. The Bertz CT molecular complexity index is 719. The fraction of sp³-hybridized carbons (Fsp3) is 0.474. The van der Waals surface area contributed by atoms with E-state index in [0.29, 0.717) is 0 Å². The van der Waals surface area contributed by atoms with Gasteiger partial charge in [-0.15, -0.1) is 0 Å². The van der Waals surface area contributed by atoms with Crippen LogP contribution in [0.4, 0.5) is 4.79 Å². The van der Waals surface area contributed by atoms with E-state index >= 15 is 0 Å². The summed E-state index contributed by atoms with van der Waals surface area (Å²) in [4.78, 5) is 16.0. The van der Waals surface area contributed by atoms with E-state index in [4.69, 9.17) is 9.47 Å². The number of hydrogen-bond donors (Lipinski definition) is 0. The third-order valence-electron chi connectivity index (χ3n) is 4.86. The average Bonchev–Trinajstić information content (AvgIpc) is 3.00. The molecule has 0 spiro atoms. The lowest BCUT2D eigenvalue weighted by molar-refractivity contribution is -0.0168. The third kappa shape index (κ3) is 3.61. The molecule has 1 aliphatic rings. The Morgan fingerprint density at radius 2 is 2.17 bits per heavy atom. The highest BCUT2D eigenvalue weighted by molar-refractivity contribution is 5.60. The van der Waals surface area contributed by atoms with Crippen LogP contribution in [-0.2, 0) is 16.2 Å². The molecule has 1 fully saturated rings. The quantitative estimate of drug-likeness (QED) is 0.767. The number of aryl methyl sites for hydroxylation is 1. The number of carbonyl (C=O) groups is 1. The van der Waals surface area contributed by atoms with Gasteiger partial charge in [0.25, 0.3) is 0 Å². The molecule has 0 N–H and O–H groups in total. The molecule has 0 aliphatic heterocycles. The molecule has 1 heterocycles. The number of carbonyl (C=O) groups excluding carboxylic acids is 1. The first-order valence-corrected chi connectivity index (χ1v) is 8.46. The zero-order chi connectivity index (χ0) is 17.1. The predicted octanol–water partition coefficient (Wildman–Crippen LogP) is 4.31. The van der Waals surface area contributed by atoms with Crippen LogP contribution in [-0.4, -0.2) is 21.8 Å². The summed E-state index contributed by atoms with van der Waals surface area (Å²) in [6.07, 6.45) is 6.06. The van der Waals surface area contributed by atoms with Crippen molar-refractivity contribution in [2.24, 2.45) is 0 Å². The minimum absolute atomic E-state index is 0.0418. The SMILES string of the molecule is Cc1cccc([C@H](C)c2cn(COC(=O)OC3CCC3)cn2)c1C. The maximum atomic E-state index is 11.6. The second kappa shape index (κ2) is 7.07. The Kier molecular flexibility index (Phi) is 4.88. The van der Waals surface area contributed by atoms with Crippen molar-refractivity contribution in [1.29, 1.82) is 0 Å². The normalized spacial score (nSPS) is 15.6. The zero-order valence-electron chi connectivity index (χ0n) is 14.5. The molecule has 24 heavy (non-hydrogen) atoms. The van der Waals surface area contributed by atoms with E-state index in [1.54, 1.807) is 10.9 Å². The average molecular weight is 328 g/mol. The van der Waals surface area contributed by atoms with Crippen LogP contribution < -0.4 is 0 Å². The van der Waals surface area contributed by atoms with Crippen molar-refractivity contribution < 1.29 is 14.3 Å². The second-order valence-corrected chi connectivity index (χ2v) is 6.52. The standard InChI is InChI=1S/C19H24N2O3/c1-13-6-4-9-17(14(13)2)15(3)18-10-21(11-20-18)12-23-19(22)24-16-7-5-8-16/h4,6,9-11,15-16H,5,7-8,12H2,1-3H3/t15-/m0/s1. The van der Waals surface area contributed by atoms with Crippen LogP contribution in [0.1, 0.15) is 54.5 Å². The molecule has 5 heteroatoms. The van der Waals surface area contributed by atoms with Crippen molar-refractivity contribution in [2.75, 3.05) is 0 Å². The van der Waals surface area contributed by atoms with Crippen molar-refractivity contribution >= 4 is 6.16 Å². The minimum atomic E-state index is -0.600. The van der Waals surface area contributed by atoms with Gasteiger partial charge in [-0.25, -0.2) is 9.78 Å². The highest BCUT2D eigenvalue weighted by Crippen LogP contribution is 2.27. The molecule has 3 rings (SSSR count). The Hall–Kier alpha value is -2.30. The van der Waals surface area contributed by atoms with Crippen LogP contribution in [0.15, 0.2) is 30.7 Å². The monoisotopic (exact) mass is 328 g/mol. The zero-order valence-corrected chi connectivity index (χ0v) is 14.5. The van der Waals surface area contributed by atoms with E-state index in [9.17, 15) is 4.79 Å². The summed E-state index contributed by atoms with van der Waals surface area (Å²) in [7, 11) is 0. The van der Waals surface area contributed by atoms with E-state index in [2.05, 4.69) is 44.0 Å². The van der Waals surface area contributed by atoms with Crippen molar-refractivity contribution in [3.05, 3.63) is 53.1 Å². The van der Waals surface area contributed by atoms with E-state index in [-0.39, 0.29) is 18.8 Å². The van der Waals surface area contributed by atoms with Gasteiger partial charge < -0.3 is 14.0 Å². The highest BCUT2D eigenvalue weighted by Gasteiger charge is 2.22. The number of ether oxygens (including phenoxy) is 2. The number of hydrogen-bond acceptors (Lipinski definition) is 4. The van der Waals surface area contributed by atoms with Gasteiger partial charge in [-0.3, -0.25) is 0 Å². The van der Waals surface area contributed by atoms with Crippen LogP contribution >= 0.6 is 0 Å². The molecule has 1 saturated carbocycles. The first-order valence-electron chi connectivity index (χ1n) is 8.46. The number of rotatable bonds is 5. The van der Waals surface area contributed by atoms with Crippen LogP contribution in [0, 0.1) is 13.8 Å². The predicted molar refractivity (Wildman–Crippen MR) is 90.9 cm³/mol. The smallest absolute Gasteiger partial charge is 0.431 e. The lowest BCUT2D eigenvalue weighted by Gasteiger charge is -2.24. The summed E-state index contributed by atoms with van der Waals surface area (Å²) in [6.45, 7) is 6.52. The molecular weight excluding hydrogens is 304 g/mol. The lowest BCUT2D eigenvalue weighted by Crippen LogP contribution is -2.25. The fourth-order valence-electron chi connectivity index (χ4n) is 2.86. The molecule has 0 radical (unpaired) electrons. The third-order valence-corrected chi connectivity index (χ3v) is 4.86. The number of nitrogens with zero attached hydrogens (tertiary/aromatic N) is 2. The van der Waals surface area contributed by atoms with Crippen LogP contribution in [0.5, 0.6) is 0 Å². The van der Waals surface area contributed by atoms with Gasteiger partial charge in [0.1, 0.15) is 6.10 Å². The molecule has 1 aromatic carbocycles. The van der Waals surface area contributed by atoms with E-state index in [0.717, 1.165) is 25.0 Å². The highest BCUT2D eigenvalue weighted by atomic mass is 16.7. The van der Waals surface area contributed by atoms with Gasteiger partial charge in [0.15, 0.2) is 6.73 Å². The largest absolute Gasteiger partial charge is 0.510 e. The Balaban J connectivity index is 1.60. The summed E-state index contributed by atoms with van der Waals surface area (Å²) < 4.78 is 12.1. The van der Waals surface area contributed by atoms with Crippen LogP contribution in [0.25, 0.3) is 0 Å². The summed E-state index contributed by atoms with van der Waals surface area (Å²) >= 11 is 0. The molecule has 0 unspecified atom stereocenters. The molecule has 0 bridgehead atoms.